The largest absolute Gasteiger partial charge is 0.420 e. The highest BCUT2D eigenvalue weighted by molar-refractivity contribution is 7.80. The molecule has 0 bridgehead atoms. The molecule has 0 fully saturated rings. The maximum Gasteiger partial charge on any atom is 0.420 e. The Hall–Kier alpha value is -2.07. The monoisotopic (exact) mass is 271 g/mol. The van der Waals surface area contributed by atoms with Crippen molar-refractivity contribution < 1.29 is 13.2 Å². The summed E-state index contributed by atoms with van der Waals surface area (Å²) in [4.78, 5) is -0.760. The first-order valence-corrected chi connectivity index (χ1v) is 5.10. The molecule has 1 rings (SSSR count). The highest BCUT2D eigenvalue weighted by Gasteiger charge is 2.35. The second-order valence-electron chi connectivity index (χ2n) is 3.22. The van der Waals surface area contributed by atoms with Crippen molar-refractivity contribution >= 4 is 22.9 Å². The Morgan fingerprint density at radius 1 is 1.39 bits per heavy atom. The van der Waals surface area contributed by atoms with Crippen LogP contribution in [-0.2, 0) is 0 Å². The lowest BCUT2D eigenvalue weighted by Crippen LogP contribution is -2.25. The van der Waals surface area contributed by atoms with Gasteiger partial charge in [0, 0.05) is 6.20 Å². The van der Waals surface area contributed by atoms with Gasteiger partial charge in [-0.1, -0.05) is 24.4 Å². The number of alkyl halides is 3. The third-order valence-electron chi connectivity index (χ3n) is 1.99. The Balaban J connectivity index is 3.04. The normalized spacial score (nSPS) is 11.8. The molecule has 0 saturated carbocycles. The van der Waals surface area contributed by atoms with Gasteiger partial charge < -0.3 is 11.1 Å². The first-order chi connectivity index (χ1) is 8.36. The summed E-state index contributed by atoms with van der Waals surface area (Å²) < 4.78 is 37.5. The van der Waals surface area contributed by atoms with E-state index in [0.717, 1.165) is 0 Å². The standard InChI is InChI=1S/C11H8F3N3S/c12-11(13,14)8(10(16)18)6-17-9-4-2-1-3-7(9)5-15/h1-4,6,17H,(H2,16,18)/b8-6+. The average Bonchev–Trinajstić information content (AvgIpc) is 2.27. The zero-order valence-electron chi connectivity index (χ0n) is 8.95. The van der Waals surface area contributed by atoms with Crippen LogP contribution in [-0.4, -0.2) is 11.2 Å². The molecule has 0 aromatic heterocycles. The zero-order valence-corrected chi connectivity index (χ0v) is 9.77. The molecule has 3 N–H and O–H groups in total. The summed E-state index contributed by atoms with van der Waals surface area (Å²) in [6, 6.07) is 7.99. The molecule has 1 aromatic rings. The third-order valence-corrected chi connectivity index (χ3v) is 2.21. The minimum absolute atomic E-state index is 0.221. The Morgan fingerprint density at radius 2 is 2.00 bits per heavy atom. The summed E-state index contributed by atoms with van der Waals surface area (Å²) in [5, 5.41) is 11.1. The van der Waals surface area contributed by atoms with E-state index in [1.165, 1.54) is 12.1 Å². The summed E-state index contributed by atoms with van der Waals surface area (Å²) >= 11 is 4.33. The van der Waals surface area contributed by atoms with Crippen molar-refractivity contribution in [2.45, 2.75) is 6.18 Å². The number of thiocarbonyl (C=S) groups is 1. The number of hydrogen-bond donors (Lipinski definition) is 2. The number of benzene rings is 1. The second-order valence-corrected chi connectivity index (χ2v) is 3.66. The van der Waals surface area contributed by atoms with Gasteiger partial charge in [-0.05, 0) is 12.1 Å². The van der Waals surface area contributed by atoms with Crippen LogP contribution in [0.3, 0.4) is 0 Å². The Morgan fingerprint density at radius 3 is 2.50 bits per heavy atom. The molecule has 0 atom stereocenters. The van der Waals surface area contributed by atoms with Crippen molar-refractivity contribution in [2.24, 2.45) is 5.73 Å². The van der Waals surface area contributed by atoms with Crippen molar-refractivity contribution in [1.82, 2.24) is 0 Å². The number of hydrogen-bond acceptors (Lipinski definition) is 3. The van der Waals surface area contributed by atoms with E-state index in [4.69, 9.17) is 11.0 Å². The molecule has 0 saturated heterocycles. The van der Waals surface area contributed by atoms with Gasteiger partial charge in [-0.15, -0.1) is 0 Å². The topological polar surface area (TPSA) is 61.8 Å². The first kappa shape index (κ1) is 14.0. The summed E-state index contributed by atoms with van der Waals surface area (Å²) in [6.45, 7) is 0. The highest BCUT2D eigenvalue weighted by atomic mass is 32.1. The van der Waals surface area contributed by atoms with Crippen LogP contribution in [0.1, 0.15) is 5.56 Å². The molecule has 0 heterocycles. The van der Waals surface area contributed by atoms with E-state index in [9.17, 15) is 13.2 Å². The summed E-state index contributed by atoms with van der Waals surface area (Å²) in [7, 11) is 0. The van der Waals surface area contributed by atoms with E-state index in [-0.39, 0.29) is 11.3 Å². The number of anilines is 1. The number of rotatable bonds is 3. The predicted molar refractivity (Wildman–Crippen MR) is 65.7 cm³/mol. The van der Waals surface area contributed by atoms with Gasteiger partial charge >= 0.3 is 6.18 Å². The molecular formula is C11H8F3N3S. The SMILES string of the molecule is N#Cc1ccccc1N/C=C(\C(N)=S)C(F)(F)F. The summed E-state index contributed by atoms with van der Waals surface area (Å²) in [6.07, 6.45) is -3.99. The van der Waals surface area contributed by atoms with Crippen LogP contribution in [0.4, 0.5) is 18.9 Å². The van der Waals surface area contributed by atoms with E-state index in [0.29, 0.717) is 6.20 Å². The van der Waals surface area contributed by atoms with E-state index in [1.54, 1.807) is 12.1 Å². The maximum atomic E-state index is 12.5. The molecular weight excluding hydrogens is 263 g/mol. The minimum Gasteiger partial charge on any atom is -0.389 e. The molecule has 0 amide bonds. The van der Waals surface area contributed by atoms with Crippen molar-refractivity contribution in [3.63, 3.8) is 0 Å². The van der Waals surface area contributed by atoms with Gasteiger partial charge in [-0.2, -0.15) is 18.4 Å². The Labute approximate surface area is 107 Å². The van der Waals surface area contributed by atoms with Crippen LogP contribution >= 0.6 is 12.2 Å². The number of nitrogens with two attached hydrogens (primary N) is 1. The average molecular weight is 271 g/mol. The van der Waals surface area contributed by atoms with Gasteiger partial charge in [-0.25, -0.2) is 0 Å². The number of para-hydroxylation sites is 1. The van der Waals surface area contributed by atoms with E-state index in [2.05, 4.69) is 17.5 Å². The van der Waals surface area contributed by atoms with Crippen LogP contribution in [0.25, 0.3) is 0 Å². The molecule has 94 valence electrons. The van der Waals surface area contributed by atoms with Crippen molar-refractivity contribution in [1.29, 1.82) is 5.26 Å². The van der Waals surface area contributed by atoms with Crippen LogP contribution in [0.5, 0.6) is 0 Å². The molecule has 0 aliphatic rings. The van der Waals surface area contributed by atoms with Crippen LogP contribution in [0, 0.1) is 11.3 Å². The lowest BCUT2D eigenvalue weighted by Gasteiger charge is -2.11. The van der Waals surface area contributed by atoms with Gasteiger partial charge in [0.1, 0.15) is 16.6 Å². The molecule has 0 radical (unpaired) electrons. The predicted octanol–water partition coefficient (Wildman–Crippen LogP) is 2.70. The molecule has 7 heteroatoms. The smallest absolute Gasteiger partial charge is 0.389 e. The molecule has 0 aliphatic carbocycles. The van der Waals surface area contributed by atoms with Crippen molar-refractivity contribution in [3.8, 4) is 6.07 Å². The first-order valence-electron chi connectivity index (χ1n) is 4.69. The fourth-order valence-corrected chi connectivity index (χ4v) is 1.32. The Bertz CT molecular complexity index is 529. The minimum atomic E-state index is -4.64. The van der Waals surface area contributed by atoms with E-state index < -0.39 is 16.7 Å². The third kappa shape index (κ3) is 3.46. The summed E-state index contributed by atoms with van der Waals surface area (Å²) in [5.74, 6) is 0. The van der Waals surface area contributed by atoms with Crippen LogP contribution in [0.15, 0.2) is 36.0 Å². The van der Waals surface area contributed by atoms with Crippen molar-refractivity contribution in [3.05, 3.63) is 41.6 Å². The van der Waals surface area contributed by atoms with Gasteiger partial charge in [0.15, 0.2) is 0 Å². The number of halogens is 3. The molecule has 0 unspecified atom stereocenters. The quantitative estimate of drug-likeness (QED) is 0.655. The lowest BCUT2D eigenvalue weighted by atomic mass is 10.2. The highest BCUT2D eigenvalue weighted by Crippen LogP contribution is 2.26. The van der Waals surface area contributed by atoms with Gasteiger partial charge in [0.2, 0.25) is 0 Å². The molecule has 3 nitrogen and oxygen atoms in total. The number of nitriles is 1. The van der Waals surface area contributed by atoms with Crippen molar-refractivity contribution in [2.75, 3.05) is 5.32 Å². The number of nitrogens with zero attached hydrogens (tertiary/aromatic N) is 1. The molecule has 0 spiro atoms. The zero-order chi connectivity index (χ0) is 13.8. The van der Waals surface area contributed by atoms with Gasteiger partial charge in [0.05, 0.1) is 11.3 Å². The number of nitrogens with one attached hydrogen (secondary N) is 1. The summed E-state index contributed by atoms with van der Waals surface area (Å²) in [5.41, 5.74) is 4.32. The lowest BCUT2D eigenvalue weighted by molar-refractivity contribution is -0.0860. The van der Waals surface area contributed by atoms with E-state index >= 15 is 0 Å². The second kappa shape index (κ2) is 5.51. The fourth-order valence-electron chi connectivity index (χ4n) is 1.15. The molecule has 18 heavy (non-hydrogen) atoms. The van der Waals surface area contributed by atoms with Gasteiger partial charge in [0.25, 0.3) is 0 Å². The van der Waals surface area contributed by atoms with Crippen LogP contribution < -0.4 is 11.1 Å². The Kier molecular flexibility index (Phi) is 4.28. The van der Waals surface area contributed by atoms with Crippen LogP contribution in [0.2, 0.25) is 0 Å². The fraction of sp³-hybridized carbons (Fsp3) is 0.0909. The van der Waals surface area contributed by atoms with Gasteiger partial charge in [-0.3, -0.25) is 0 Å². The molecule has 1 aromatic carbocycles. The molecule has 0 aliphatic heterocycles. The maximum absolute atomic E-state index is 12.5. The van der Waals surface area contributed by atoms with E-state index in [1.807, 2.05) is 6.07 Å².